The molecular weight excluding hydrogens is 234 g/mol. The molecule has 0 saturated carbocycles. The lowest BCUT2D eigenvalue weighted by Crippen LogP contribution is -2.57. The van der Waals surface area contributed by atoms with Crippen LogP contribution in [0.2, 0.25) is 0 Å². The molecule has 0 unspecified atom stereocenters. The molecule has 0 bridgehead atoms. The van der Waals surface area contributed by atoms with Gasteiger partial charge in [-0.1, -0.05) is 0 Å². The van der Waals surface area contributed by atoms with Crippen LogP contribution in [0.1, 0.15) is 6.42 Å². The Morgan fingerprint density at radius 2 is 2.06 bits per heavy atom. The Kier molecular flexibility index (Phi) is 4.51. The van der Waals surface area contributed by atoms with Crippen LogP contribution < -0.4 is 16.1 Å². The second-order valence-electron chi connectivity index (χ2n) is 4.83. The van der Waals surface area contributed by atoms with Gasteiger partial charge in [-0.05, 0) is 7.05 Å². The number of nitrogens with zero attached hydrogens (tertiary/aromatic N) is 2. The Bertz CT molecular complexity index is 315. The van der Waals surface area contributed by atoms with Gasteiger partial charge >= 0.3 is 0 Å². The molecule has 0 radical (unpaired) electrons. The van der Waals surface area contributed by atoms with Gasteiger partial charge in [-0.15, -0.1) is 0 Å². The highest BCUT2D eigenvalue weighted by molar-refractivity contribution is 5.88. The second-order valence-corrected chi connectivity index (χ2v) is 4.83. The maximum absolute atomic E-state index is 11.8. The Morgan fingerprint density at radius 1 is 1.33 bits per heavy atom. The Hall–Kier alpha value is -1.18. The summed E-state index contributed by atoms with van der Waals surface area (Å²) in [5.41, 5.74) is 2.85. The van der Waals surface area contributed by atoms with Crippen LogP contribution in [0.5, 0.6) is 0 Å². The average molecular weight is 255 g/mol. The molecule has 0 aliphatic carbocycles. The molecule has 18 heavy (non-hydrogen) atoms. The van der Waals surface area contributed by atoms with Crippen molar-refractivity contribution < 1.29 is 9.59 Å². The predicted molar refractivity (Wildman–Crippen MR) is 66.6 cm³/mol. The van der Waals surface area contributed by atoms with Gasteiger partial charge in [-0.2, -0.15) is 0 Å². The molecule has 2 aliphatic heterocycles. The molecule has 0 aromatic heterocycles. The third-order valence-electron chi connectivity index (χ3n) is 3.31. The normalized spacial score (nSPS) is 26.7. The van der Waals surface area contributed by atoms with Crippen LogP contribution in [0.15, 0.2) is 0 Å². The summed E-state index contributed by atoms with van der Waals surface area (Å²) in [6.07, 6.45) is 0.193. The molecule has 2 amide bonds. The second kappa shape index (κ2) is 6.12. The van der Waals surface area contributed by atoms with Gasteiger partial charge in [0.1, 0.15) is 0 Å². The summed E-state index contributed by atoms with van der Waals surface area (Å²) in [6, 6.07) is -0.397. The van der Waals surface area contributed by atoms with Crippen molar-refractivity contribution in [2.75, 3.05) is 46.3 Å². The SMILES string of the molecule is CN1CCN(NC(=O)C[C@H]2NCCNC2=O)CC1. The first-order chi connectivity index (χ1) is 8.65. The maximum atomic E-state index is 11.8. The summed E-state index contributed by atoms with van der Waals surface area (Å²) in [7, 11) is 2.06. The number of carbonyl (C=O) groups excluding carboxylic acids is 2. The molecular formula is C11H21N5O2. The number of likely N-dealkylation sites (N-methyl/N-ethyl adjacent to an activating group) is 1. The summed E-state index contributed by atoms with van der Waals surface area (Å²) in [5, 5.41) is 7.71. The van der Waals surface area contributed by atoms with Gasteiger partial charge in [0.15, 0.2) is 0 Å². The Balaban J connectivity index is 1.73. The smallest absolute Gasteiger partial charge is 0.237 e. The van der Waals surface area contributed by atoms with Crippen LogP contribution in [-0.4, -0.2) is 74.1 Å². The molecule has 0 aromatic rings. The van der Waals surface area contributed by atoms with E-state index in [2.05, 4.69) is 28.0 Å². The maximum Gasteiger partial charge on any atom is 0.237 e. The van der Waals surface area contributed by atoms with Crippen molar-refractivity contribution in [2.24, 2.45) is 0 Å². The molecule has 2 fully saturated rings. The minimum atomic E-state index is -0.397. The number of amides is 2. The number of piperazine rings is 2. The van der Waals surface area contributed by atoms with Crippen molar-refractivity contribution in [3.63, 3.8) is 0 Å². The minimum absolute atomic E-state index is 0.0882. The zero-order chi connectivity index (χ0) is 13.0. The van der Waals surface area contributed by atoms with Crippen molar-refractivity contribution in [1.29, 1.82) is 0 Å². The summed E-state index contributed by atoms with van der Waals surface area (Å²) < 4.78 is 0. The number of hydrazine groups is 1. The fourth-order valence-electron chi connectivity index (χ4n) is 2.14. The standard InChI is InChI=1S/C11H21N5O2/c1-15-4-6-16(7-5-15)14-10(17)8-9-11(18)13-3-2-12-9/h9,12H,2-8H2,1H3,(H,13,18)(H,14,17)/t9-/m1/s1. The molecule has 2 saturated heterocycles. The van der Waals surface area contributed by atoms with Gasteiger partial charge < -0.3 is 15.5 Å². The Labute approximate surface area is 107 Å². The molecule has 7 heteroatoms. The van der Waals surface area contributed by atoms with Crippen molar-refractivity contribution in [2.45, 2.75) is 12.5 Å². The van der Waals surface area contributed by atoms with Crippen molar-refractivity contribution in [1.82, 2.24) is 26.0 Å². The fourth-order valence-corrected chi connectivity index (χ4v) is 2.14. The van der Waals surface area contributed by atoms with E-state index in [-0.39, 0.29) is 18.2 Å². The molecule has 2 rings (SSSR count). The van der Waals surface area contributed by atoms with E-state index < -0.39 is 6.04 Å². The molecule has 7 nitrogen and oxygen atoms in total. The number of nitrogens with one attached hydrogen (secondary N) is 3. The van der Waals surface area contributed by atoms with Crippen LogP contribution >= 0.6 is 0 Å². The first kappa shape index (κ1) is 13.3. The Morgan fingerprint density at radius 3 is 2.72 bits per heavy atom. The molecule has 0 aromatic carbocycles. The highest BCUT2D eigenvalue weighted by atomic mass is 16.2. The van der Waals surface area contributed by atoms with Gasteiger partial charge in [0.05, 0.1) is 12.5 Å². The van der Waals surface area contributed by atoms with Gasteiger partial charge in [0.2, 0.25) is 11.8 Å². The largest absolute Gasteiger partial charge is 0.353 e. The number of carbonyl (C=O) groups is 2. The fraction of sp³-hybridized carbons (Fsp3) is 0.818. The minimum Gasteiger partial charge on any atom is -0.353 e. The average Bonchev–Trinajstić information content (AvgIpc) is 2.35. The van der Waals surface area contributed by atoms with Gasteiger partial charge in [0, 0.05) is 39.3 Å². The third-order valence-corrected chi connectivity index (χ3v) is 3.31. The third kappa shape index (κ3) is 3.66. The molecule has 1 atom stereocenters. The van der Waals surface area contributed by atoms with Crippen molar-refractivity contribution in [3.05, 3.63) is 0 Å². The van der Waals surface area contributed by atoms with Crippen LogP contribution in [0.25, 0.3) is 0 Å². The number of rotatable bonds is 3. The predicted octanol–water partition coefficient (Wildman–Crippen LogP) is -2.26. The zero-order valence-corrected chi connectivity index (χ0v) is 10.7. The monoisotopic (exact) mass is 255 g/mol. The van der Waals surface area contributed by atoms with Gasteiger partial charge in [-0.25, -0.2) is 5.01 Å². The zero-order valence-electron chi connectivity index (χ0n) is 10.7. The van der Waals surface area contributed by atoms with Crippen molar-refractivity contribution in [3.8, 4) is 0 Å². The quantitative estimate of drug-likeness (QED) is 0.531. The van der Waals surface area contributed by atoms with Crippen LogP contribution in [-0.2, 0) is 9.59 Å². The van der Waals surface area contributed by atoms with E-state index in [4.69, 9.17) is 0 Å². The van der Waals surface area contributed by atoms with Gasteiger partial charge in [-0.3, -0.25) is 15.0 Å². The molecule has 2 heterocycles. The lowest BCUT2D eigenvalue weighted by atomic mass is 10.1. The van der Waals surface area contributed by atoms with E-state index in [0.717, 1.165) is 32.7 Å². The van der Waals surface area contributed by atoms with E-state index in [1.807, 2.05) is 5.01 Å². The van der Waals surface area contributed by atoms with Crippen LogP contribution in [0.4, 0.5) is 0 Å². The van der Waals surface area contributed by atoms with Gasteiger partial charge in [0.25, 0.3) is 0 Å². The lowest BCUT2D eigenvalue weighted by Gasteiger charge is -2.33. The highest BCUT2D eigenvalue weighted by Crippen LogP contribution is 1.99. The summed E-state index contributed by atoms with van der Waals surface area (Å²) in [6.45, 7) is 4.90. The lowest BCUT2D eigenvalue weighted by molar-refractivity contribution is -0.132. The number of hydrogen-bond donors (Lipinski definition) is 3. The summed E-state index contributed by atoms with van der Waals surface area (Å²) in [5.74, 6) is -0.191. The van der Waals surface area contributed by atoms with Crippen LogP contribution in [0.3, 0.4) is 0 Å². The molecule has 102 valence electrons. The molecule has 0 spiro atoms. The van der Waals surface area contributed by atoms with Crippen molar-refractivity contribution >= 4 is 11.8 Å². The summed E-state index contributed by atoms with van der Waals surface area (Å²) >= 11 is 0. The van der Waals surface area contributed by atoms with E-state index in [9.17, 15) is 9.59 Å². The van der Waals surface area contributed by atoms with Crippen LogP contribution in [0, 0.1) is 0 Å². The molecule has 3 N–H and O–H groups in total. The van der Waals surface area contributed by atoms with E-state index >= 15 is 0 Å². The first-order valence-corrected chi connectivity index (χ1v) is 6.39. The topological polar surface area (TPSA) is 76.7 Å². The summed E-state index contributed by atoms with van der Waals surface area (Å²) in [4.78, 5) is 25.5. The van der Waals surface area contributed by atoms with E-state index in [1.54, 1.807) is 0 Å². The number of hydrogen-bond acceptors (Lipinski definition) is 5. The molecule has 2 aliphatic rings. The first-order valence-electron chi connectivity index (χ1n) is 6.39. The van der Waals surface area contributed by atoms with E-state index in [0.29, 0.717) is 6.54 Å². The van der Waals surface area contributed by atoms with E-state index in [1.165, 1.54) is 0 Å². The highest BCUT2D eigenvalue weighted by Gasteiger charge is 2.25.